The van der Waals surface area contributed by atoms with Crippen LogP contribution in [0.5, 0.6) is 11.5 Å². The minimum atomic E-state index is -0.441. The maximum atomic E-state index is 13.5. The summed E-state index contributed by atoms with van der Waals surface area (Å²) in [7, 11) is 1.64. The SMILES string of the molecule is COc1ccc(Cn2nnnc2[C@H](c2cc3cc(C)ccc3[nH]c2=O)N2CCN(c3ccc(O)cc3)CC2)cc1. The molecule has 204 valence electrons. The first kappa shape index (κ1) is 25.6. The van der Waals surface area contributed by atoms with Gasteiger partial charge in [-0.1, -0.05) is 23.8 Å². The number of nitrogens with one attached hydrogen (secondary N) is 1. The second kappa shape index (κ2) is 10.8. The molecule has 0 bridgehead atoms. The number of aromatic amines is 1. The summed E-state index contributed by atoms with van der Waals surface area (Å²) < 4.78 is 7.07. The smallest absolute Gasteiger partial charge is 0.253 e. The molecule has 3 aromatic carbocycles. The van der Waals surface area contributed by atoms with E-state index in [1.54, 1.807) is 23.9 Å². The Kier molecular flexibility index (Phi) is 6.91. The van der Waals surface area contributed by atoms with Crippen molar-refractivity contribution in [3.63, 3.8) is 0 Å². The number of aryl methyl sites for hydroxylation is 1. The number of hydrogen-bond donors (Lipinski definition) is 2. The zero-order chi connectivity index (χ0) is 27.6. The molecule has 2 N–H and O–H groups in total. The normalized spacial score (nSPS) is 14.9. The number of piperazine rings is 1. The van der Waals surface area contributed by atoms with Crippen LogP contribution in [0.15, 0.2) is 77.6 Å². The van der Waals surface area contributed by atoms with E-state index in [2.05, 4.69) is 36.4 Å². The third kappa shape index (κ3) is 5.13. The molecule has 0 radical (unpaired) electrons. The summed E-state index contributed by atoms with van der Waals surface area (Å²) in [6.07, 6.45) is 0. The van der Waals surface area contributed by atoms with Crippen molar-refractivity contribution in [1.29, 1.82) is 0 Å². The predicted molar refractivity (Wildman–Crippen MR) is 153 cm³/mol. The molecule has 1 aliphatic heterocycles. The highest BCUT2D eigenvalue weighted by Crippen LogP contribution is 2.30. The molecule has 0 spiro atoms. The predicted octanol–water partition coefficient (Wildman–Crippen LogP) is 3.50. The number of tetrazole rings is 1. The van der Waals surface area contributed by atoms with Gasteiger partial charge in [-0.25, -0.2) is 4.68 Å². The van der Waals surface area contributed by atoms with E-state index in [1.165, 1.54) is 0 Å². The molecule has 0 aliphatic carbocycles. The largest absolute Gasteiger partial charge is 0.508 e. The van der Waals surface area contributed by atoms with Crippen molar-refractivity contribution < 1.29 is 9.84 Å². The van der Waals surface area contributed by atoms with Gasteiger partial charge in [0.15, 0.2) is 5.82 Å². The second-order valence-electron chi connectivity index (χ2n) is 10.1. The second-order valence-corrected chi connectivity index (χ2v) is 10.1. The topological polar surface area (TPSA) is 112 Å². The number of aromatic nitrogens is 5. The maximum Gasteiger partial charge on any atom is 0.253 e. The van der Waals surface area contributed by atoms with Gasteiger partial charge in [-0.2, -0.15) is 0 Å². The Morgan fingerprint density at radius 1 is 0.975 bits per heavy atom. The van der Waals surface area contributed by atoms with Crippen LogP contribution in [0.3, 0.4) is 0 Å². The minimum Gasteiger partial charge on any atom is -0.508 e. The number of rotatable bonds is 7. The molecular formula is C30H31N7O3. The van der Waals surface area contributed by atoms with E-state index in [1.807, 2.05) is 61.5 Å². The molecule has 0 unspecified atom stereocenters. The lowest BCUT2D eigenvalue weighted by molar-refractivity contribution is 0.200. The molecule has 1 saturated heterocycles. The highest BCUT2D eigenvalue weighted by Gasteiger charge is 2.33. The maximum absolute atomic E-state index is 13.5. The fraction of sp³-hybridized carbons (Fsp3) is 0.267. The van der Waals surface area contributed by atoms with Crippen molar-refractivity contribution in [2.24, 2.45) is 0 Å². The van der Waals surface area contributed by atoms with Crippen molar-refractivity contribution in [1.82, 2.24) is 30.1 Å². The molecule has 0 saturated carbocycles. The van der Waals surface area contributed by atoms with Crippen LogP contribution in [0.2, 0.25) is 0 Å². The highest BCUT2D eigenvalue weighted by atomic mass is 16.5. The molecule has 0 amide bonds. The molecular weight excluding hydrogens is 506 g/mol. The van der Waals surface area contributed by atoms with Crippen molar-refractivity contribution >= 4 is 16.6 Å². The van der Waals surface area contributed by atoms with E-state index in [9.17, 15) is 9.90 Å². The third-order valence-electron chi connectivity index (χ3n) is 7.51. The van der Waals surface area contributed by atoms with Crippen molar-refractivity contribution in [3.05, 3.63) is 106 Å². The van der Waals surface area contributed by atoms with Crippen LogP contribution in [0.25, 0.3) is 10.9 Å². The number of methoxy groups -OCH3 is 1. The standard InChI is InChI=1S/C30H31N7O3/c1-20-3-12-27-22(17-20)18-26(30(39)31-27)28(36-15-13-35(14-16-36)23-6-8-24(38)9-7-23)29-32-33-34-37(29)19-21-4-10-25(40-2)11-5-21/h3-12,17-18,28,38H,13-16,19H2,1-2H3,(H,31,39)/t28-/m0/s1. The van der Waals surface area contributed by atoms with Crippen LogP contribution in [0.4, 0.5) is 5.69 Å². The van der Waals surface area contributed by atoms with Gasteiger partial charge in [0.25, 0.3) is 5.56 Å². The third-order valence-corrected chi connectivity index (χ3v) is 7.51. The first-order valence-electron chi connectivity index (χ1n) is 13.3. The van der Waals surface area contributed by atoms with E-state index in [0.717, 1.165) is 46.6 Å². The number of H-pyrrole nitrogens is 1. The van der Waals surface area contributed by atoms with Gasteiger partial charge in [-0.3, -0.25) is 9.69 Å². The number of ether oxygens (including phenoxy) is 1. The quantitative estimate of drug-likeness (QED) is 0.325. The zero-order valence-electron chi connectivity index (χ0n) is 22.5. The van der Waals surface area contributed by atoms with Gasteiger partial charge in [0.2, 0.25) is 0 Å². The summed E-state index contributed by atoms with van der Waals surface area (Å²) >= 11 is 0. The van der Waals surface area contributed by atoms with Crippen LogP contribution in [-0.2, 0) is 6.54 Å². The number of benzene rings is 3. The Morgan fingerprint density at radius 2 is 1.73 bits per heavy atom. The van der Waals surface area contributed by atoms with Gasteiger partial charge in [-0.05, 0) is 82.9 Å². The van der Waals surface area contributed by atoms with Crippen LogP contribution in [-0.4, -0.2) is 68.5 Å². The molecule has 2 aromatic heterocycles. The summed E-state index contributed by atoms with van der Waals surface area (Å²) in [5.74, 6) is 1.64. The van der Waals surface area contributed by atoms with E-state index in [-0.39, 0.29) is 11.3 Å². The van der Waals surface area contributed by atoms with Crippen LogP contribution >= 0.6 is 0 Å². The van der Waals surface area contributed by atoms with Gasteiger partial charge in [0.1, 0.15) is 17.5 Å². The Balaban J connectivity index is 1.37. The molecule has 10 nitrogen and oxygen atoms in total. The van der Waals surface area contributed by atoms with Gasteiger partial charge in [0, 0.05) is 42.9 Å². The molecule has 3 heterocycles. The number of anilines is 1. The molecule has 1 aliphatic rings. The average Bonchev–Trinajstić information content (AvgIpc) is 3.42. The summed E-state index contributed by atoms with van der Waals surface area (Å²) in [4.78, 5) is 21.2. The molecule has 6 rings (SSSR count). The van der Waals surface area contributed by atoms with Gasteiger partial charge in [0.05, 0.1) is 13.7 Å². The van der Waals surface area contributed by atoms with E-state index >= 15 is 0 Å². The highest BCUT2D eigenvalue weighted by molar-refractivity contribution is 5.79. The number of phenols is 1. The van der Waals surface area contributed by atoms with Crippen LogP contribution in [0, 0.1) is 6.92 Å². The zero-order valence-corrected chi connectivity index (χ0v) is 22.5. The van der Waals surface area contributed by atoms with Gasteiger partial charge >= 0.3 is 0 Å². The Morgan fingerprint density at radius 3 is 2.45 bits per heavy atom. The summed E-state index contributed by atoms with van der Waals surface area (Å²) in [5, 5.41) is 23.5. The minimum absolute atomic E-state index is 0.152. The fourth-order valence-corrected chi connectivity index (χ4v) is 5.37. The van der Waals surface area contributed by atoms with Gasteiger partial charge in [-0.15, -0.1) is 5.10 Å². The van der Waals surface area contributed by atoms with Crippen LogP contribution < -0.4 is 15.2 Å². The molecule has 10 heteroatoms. The number of hydrogen-bond acceptors (Lipinski definition) is 8. The number of nitrogens with zero attached hydrogens (tertiary/aromatic N) is 6. The first-order chi connectivity index (χ1) is 19.5. The number of phenolic OH excluding ortho intramolecular Hbond substituents is 1. The average molecular weight is 538 g/mol. The monoisotopic (exact) mass is 537 g/mol. The molecule has 5 aromatic rings. The first-order valence-corrected chi connectivity index (χ1v) is 13.3. The Hall–Kier alpha value is -4.70. The van der Waals surface area contributed by atoms with E-state index < -0.39 is 6.04 Å². The number of aromatic hydroxyl groups is 1. The number of fused-ring (bicyclic) bond motifs is 1. The summed E-state index contributed by atoms with van der Waals surface area (Å²) in [5.41, 5.74) is 4.45. The van der Waals surface area contributed by atoms with Gasteiger partial charge < -0.3 is 19.7 Å². The summed E-state index contributed by atoms with van der Waals surface area (Å²) in [6, 6.07) is 22.6. The lowest BCUT2D eigenvalue weighted by Crippen LogP contribution is -2.49. The molecule has 1 fully saturated rings. The molecule has 40 heavy (non-hydrogen) atoms. The number of pyridine rings is 1. The van der Waals surface area contributed by atoms with Crippen molar-refractivity contribution in [2.75, 3.05) is 38.2 Å². The summed E-state index contributed by atoms with van der Waals surface area (Å²) in [6.45, 7) is 5.41. The van der Waals surface area contributed by atoms with E-state index in [4.69, 9.17) is 4.74 Å². The van der Waals surface area contributed by atoms with Crippen molar-refractivity contribution in [2.45, 2.75) is 19.5 Å². The molecule has 1 atom stereocenters. The lowest BCUT2D eigenvalue weighted by atomic mass is 10.0. The van der Waals surface area contributed by atoms with Crippen molar-refractivity contribution in [3.8, 4) is 11.5 Å². The fourth-order valence-electron chi connectivity index (χ4n) is 5.37. The van der Waals surface area contributed by atoms with E-state index in [0.29, 0.717) is 31.0 Å². The Bertz CT molecular complexity index is 1670. The van der Waals surface area contributed by atoms with Crippen LogP contribution in [0.1, 0.15) is 28.6 Å². The Labute approximate surface area is 231 Å². The lowest BCUT2D eigenvalue weighted by Gasteiger charge is -2.39.